The summed E-state index contributed by atoms with van der Waals surface area (Å²) in [4.78, 5) is 0. The number of nitrogens with one attached hydrogen (secondary N) is 2. The first-order valence-corrected chi connectivity index (χ1v) is 21.3. The Morgan fingerprint density at radius 2 is 0.435 bits per heavy atom. The lowest BCUT2D eigenvalue weighted by atomic mass is 9.92. The van der Waals surface area contributed by atoms with Crippen LogP contribution >= 0.6 is 0 Å². The lowest BCUT2D eigenvalue weighted by Crippen LogP contribution is -1.92. The molecule has 12 aromatic rings. The van der Waals surface area contributed by atoms with Gasteiger partial charge in [0, 0.05) is 22.7 Å². The first-order chi connectivity index (χ1) is 30.7. The number of hydrogen-bond donors (Lipinski definition) is 2. The minimum atomic E-state index is 1.05. The first-order valence-electron chi connectivity index (χ1n) is 21.3. The van der Waals surface area contributed by atoms with Crippen molar-refractivity contribution in [2.45, 2.75) is 0 Å². The topological polar surface area (TPSA) is 24.1 Å². The van der Waals surface area contributed by atoms with Gasteiger partial charge in [-0.25, -0.2) is 0 Å². The van der Waals surface area contributed by atoms with Gasteiger partial charge in [-0.2, -0.15) is 0 Å². The molecule has 0 aliphatic heterocycles. The standard InChI is InChI=1S/C60H40N2/c1-3-19-53-49(15-1)51-17-5-7-21-55(51)59-37-43(27-33-57(53)59)41-11-9-13-47(35-41)61-45-29-23-39(24-30-45)40-25-31-46(32-26-40)62-48-14-10-12-42(36-48)44-28-34-58-54-20-4-2-16-50(54)52-18-6-8-22-56(52)60(58)38-44/h1-38,61-62H. The summed E-state index contributed by atoms with van der Waals surface area (Å²) in [5.74, 6) is 0. The van der Waals surface area contributed by atoms with Crippen molar-refractivity contribution in [3.63, 3.8) is 0 Å². The molecule has 0 saturated carbocycles. The smallest absolute Gasteiger partial charge is 0.0390 e. The van der Waals surface area contributed by atoms with Crippen molar-refractivity contribution in [2.24, 2.45) is 0 Å². The molecule has 0 fully saturated rings. The van der Waals surface area contributed by atoms with E-state index < -0.39 is 0 Å². The van der Waals surface area contributed by atoms with Crippen molar-refractivity contribution in [2.75, 3.05) is 10.6 Å². The van der Waals surface area contributed by atoms with Crippen LogP contribution in [0, 0.1) is 0 Å². The minimum absolute atomic E-state index is 1.05. The van der Waals surface area contributed by atoms with Gasteiger partial charge in [0.1, 0.15) is 0 Å². The molecule has 0 saturated heterocycles. The van der Waals surface area contributed by atoms with Crippen LogP contribution < -0.4 is 10.6 Å². The summed E-state index contributed by atoms with van der Waals surface area (Å²) in [7, 11) is 0. The highest BCUT2D eigenvalue weighted by atomic mass is 14.9. The summed E-state index contributed by atoms with van der Waals surface area (Å²) < 4.78 is 0. The molecule has 290 valence electrons. The SMILES string of the molecule is c1cc(Nc2ccc(-c3ccc(Nc4cccc(-c5ccc6c7ccccc7c7ccccc7c6c5)c4)cc3)cc2)cc(-c2ccc3c4ccccc4c4ccccc4c3c2)c1. The van der Waals surface area contributed by atoms with Gasteiger partial charge in [0.15, 0.2) is 0 Å². The average Bonchev–Trinajstić information content (AvgIpc) is 3.34. The third-order valence-corrected chi connectivity index (χ3v) is 12.6. The maximum Gasteiger partial charge on any atom is 0.0390 e. The molecule has 2 heteroatoms. The number of fused-ring (bicyclic) bond motifs is 12. The molecule has 0 amide bonds. The number of benzene rings is 12. The highest BCUT2D eigenvalue weighted by Crippen LogP contribution is 2.39. The number of hydrogen-bond acceptors (Lipinski definition) is 2. The van der Waals surface area contributed by atoms with Crippen LogP contribution in [0.5, 0.6) is 0 Å². The predicted molar refractivity (Wildman–Crippen MR) is 267 cm³/mol. The summed E-state index contributed by atoms with van der Waals surface area (Å²) in [6.07, 6.45) is 0. The van der Waals surface area contributed by atoms with Gasteiger partial charge in [-0.1, -0.05) is 170 Å². The largest absolute Gasteiger partial charge is 0.356 e. The molecule has 12 aromatic carbocycles. The normalized spacial score (nSPS) is 11.5. The Morgan fingerprint density at radius 1 is 0.161 bits per heavy atom. The zero-order valence-electron chi connectivity index (χ0n) is 33.9. The van der Waals surface area contributed by atoms with E-state index in [0.717, 1.165) is 22.7 Å². The lowest BCUT2D eigenvalue weighted by molar-refractivity contribution is 1.52. The lowest BCUT2D eigenvalue weighted by Gasteiger charge is -2.13. The molecular formula is C60H40N2. The maximum absolute atomic E-state index is 3.65. The quantitative estimate of drug-likeness (QED) is 0.157. The molecule has 2 nitrogen and oxygen atoms in total. The van der Waals surface area contributed by atoms with E-state index in [-0.39, 0.29) is 0 Å². The van der Waals surface area contributed by atoms with E-state index in [1.165, 1.54) is 98.0 Å². The van der Waals surface area contributed by atoms with Crippen LogP contribution in [0.3, 0.4) is 0 Å². The molecule has 12 rings (SSSR count). The van der Waals surface area contributed by atoms with Crippen LogP contribution in [-0.2, 0) is 0 Å². The van der Waals surface area contributed by atoms with Crippen LogP contribution in [0.25, 0.3) is 98.0 Å². The van der Waals surface area contributed by atoms with Gasteiger partial charge in [0.2, 0.25) is 0 Å². The van der Waals surface area contributed by atoms with Crippen LogP contribution in [0.1, 0.15) is 0 Å². The molecule has 0 aliphatic rings. The molecule has 0 radical (unpaired) electrons. The Hall–Kier alpha value is -8.20. The number of anilines is 4. The fourth-order valence-corrected chi connectivity index (χ4v) is 9.55. The highest BCUT2D eigenvalue weighted by Gasteiger charge is 2.12. The average molecular weight is 789 g/mol. The number of rotatable bonds is 7. The molecule has 0 bridgehead atoms. The fourth-order valence-electron chi connectivity index (χ4n) is 9.55. The van der Waals surface area contributed by atoms with Crippen molar-refractivity contribution >= 4 is 87.4 Å². The van der Waals surface area contributed by atoms with Crippen LogP contribution in [0.15, 0.2) is 231 Å². The van der Waals surface area contributed by atoms with Crippen molar-refractivity contribution < 1.29 is 0 Å². The predicted octanol–water partition coefficient (Wildman–Crippen LogP) is 17.1. The van der Waals surface area contributed by atoms with Gasteiger partial charge in [-0.15, -0.1) is 0 Å². The molecule has 0 atom stereocenters. The van der Waals surface area contributed by atoms with E-state index in [1.807, 2.05) is 0 Å². The third kappa shape index (κ3) is 6.29. The summed E-state index contributed by atoms with van der Waals surface area (Å²) in [5.41, 5.74) is 11.3. The van der Waals surface area contributed by atoms with Crippen LogP contribution in [0.2, 0.25) is 0 Å². The highest BCUT2D eigenvalue weighted by molar-refractivity contribution is 6.27. The Kier molecular flexibility index (Phi) is 8.53. The Balaban J connectivity index is 0.757. The minimum Gasteiger partial charge on any atom is -0.356 e. The molecule has 0 heterocycles. The second-order valence-electron chi connectivity index (χ2n) is 16.3. The van der Waals surface area contributed by atoms with E-state index in [9.17, 15) is 0 Å². The van der Waals surface area contributed by atoms with Gasteiger partial charge >= 0.3 is 0 Å². The summed E-state index contributed by atoms with van der Waals surface area (Å²) in [6, 6.07) is 83.6. The molecule has 0 unspecified atom stereocenters. The Morgan fingerprint density at radius 3 is 0.774 bits per heavy atom. The van der Waals surface area contributed by atoms with E-state index in [1.54, 1.807) is 0 Å². The second kappa shape index (κ2) is 14.8. The van der Waals surface area contributed by atoms with Crippen molar-refractivity contribution in [1.82, 2.24) is 0 Å². The van der Waals surface area contributed by atoms with Crippen LogP contribution in [-0.4, -0.2) is 0 Å². The van der Waals surface area contributed by atoms with Gasteiger partial charge in [-0.3, -0.25) is 0 Å². The van der Waals surface area contributed by atoms with E-state index in [0.29, 0.717) is 0 Å². The van der Waals surface area contributed by atoms with Gasteiger partial charge in [-0.05, 0) is 159 Å². The molecule has 62 heavy (non-hydrogen) atoms. The van der Waals surface area contributed by atoms with Crippen molar-refractivity contribution in [3.8, 4) is 33.4 Å². The zero-order chi connectivity index (χ0) is 41.0. The van der Waals surface area contributed by atoms with Crippen molar-refractivity contribution in [1.29, 1.82) is 0 Å². The molecule has 0 aromatic heterocycles. The first kappa shape index (κ1) is 35.7. The van der Waals surface area contributed by atoms with Gasteiger partial charge in [0.25, 0.3) is 0 Å². The Labute approximate surface area is 360 Å². The van der Waals surface area contributed by atoms with E-state index in [4.69, 9.17) is 0 Å². The summed E-state index contributed by atoms with van der Waals surface area (Å²) in [5, 5.41) is 22.8. The molecular weight excluding hydrogens is 749 g/mol. The molecule has 2 N–H and O–H groups in total. The molecule has 0 aliphatic carbocycles. The van der Waals surface area contributed by atoms with Gasteiger partial charge < -0.3 is 10.6 Å². The maximum atomic E-state index is 3.65. The Bertz CT molecular complexity index is 3360. The van der Waals surface area contributed by atoms with Gasteiger partial charge in [0.05, 0.1) is 0 Å². The molecule has 0 spiro atoms. The summed E-state index contributed by atoms with van der Waals surface area (Å²) in [6.45, 7) is 0. The second-order valence-corrected chi connectivity index (χ2v) is 16.3. The van der Waals surface area contributed by atoms with Crippen LogP contribution in [0.4, 0.5) is 22.7 Å². The fraction of sp³-hybridized carbons (Fsp3) is 0. The summed E-state index contributed by atoms with van der Waals surface area (Å²) >= 11 is 0. The van der Waals surface area contributed by atoms with Crippen molar-refractivity contribution in [3.05, 3.63) is 231 Å². The van der Waals surface area contributed by atoms with E-state index in [2.05, 4.69) is 241 Å². The van der Waals surface area contributed by atoms with E-state index >= 15 is 0 Å². The monoisotopic (exact) mass is 788 g/mol. The third-order valence-electron chi connectivity index (χ3n) is 12.6. The zero-order valence-corrected chi connectivity index (χ0v) is 33.9.